The third kappa shape index (κ3) is 5.85. The monoisotopic (exact) mass is 394 g/mol. The standard InChI is InChI=1S/C21H19FN4OS/c22-17-3-1-15(2-4-17)9-14-24-21(28)26-19-7-5-18(6-8-19)25-20(27)16-10-12-23-13-11-16/h1-8,10-13H,9,14H2,(H,25,27)(H2,24,26,28). The molecule has 28 heavy (non-hydrogen) atoms. The third-order valence-corrected chi connectivity index (χ3v) is 4.20. The van der Waals surface area contributed by atoms with E-state index in [9.17, 15) is 9.18 Å². The lowest BCUT2D eigenvalue weighted by atomic mass is 10.1. The quantitative estimate of drug-likeness (QED) is 0.552. The van der Waals surface area contributed by atoms with Crippen LogP contribution in [0.4, 0.5) is 15.8 Å². The molecule has 1 aromatic heterocycles. The van der Waals surface area contributed by atoms with E-state index in [1.54, 1.807) is 48.8 Å². The van der Waals surface area contributed by atoms with Gasteiger partial charge in [-0.15, -0.1) is 0 Å². The molecule has 0 aliphatic rings. The number of nitrogens with zero attached hydrogens (tertiary/aromatic N) is 1. The SMILES string of the molecule is O=C(Nc1ccc(NC(=S)NCCc2ccc(F)cc2)cc1)c1ccncc1. The van der Waals surface area contributed by atoms with E-state index in [-0.39, 0.29) is 11.7 Å². The molecule has 5 nitrogen and oxygen atoms in total. The minimum Gasteiger partial charge on any atom is -0.362 e. The number of carbonyl (C=O) groups excluding carboxylic acids is 1. The smallest absolute Gasteiger partial charge is 0.255 e. The lowest BCUT2D eigenvalue weighted by Gasteiger charge is -2.11. The molecule has 0 aliphatic carbocycles. The first kappa shape index (κ1) is 19.4. The molecule has 0 saturated heterocycles. The fourth-order valence-corrected chi connectivity index (χ4v) is 2.71. The van der Waals surface area contributed by atoms with Crippen molar-refractivity contribution in [2.24, 2.45) is 0 Å². The predicted molar refractivity (Wildman–Crippen MR) is 113 cm³/mol. The Bertz CT molecular complexity index is 931. The highest BCUT2D eigenvalue weighted by molar-refractivity contribution is 7.80. The number of halogens is 1. The third-order valence-electron chi connectivity index (χ3n) is 3.96. The number of anilines is 2. The minimum atomic E-state index is -0.241. The number of hydrogen-bond donors (Lipinski definition) is 3. The van der Waals surface area contributed by atoms with Crippen LogP contribution in [0.25, 0.3) is 0 Å². The van der Waals surface area contributed by atoms with Gasteiger partial charge in [0.25, 0.3) is 5.91 Å². The highest BCUT2D eigenvalue weighted by Gasteiger charge is 2.05. The van der Waals surface area contributed by atoms with Crippen molar-refractivity contribution in [1.82, 2.24) is 10.3 Å². The molecule has 0 atom stereocenters. The first-order valence-corrected chi connectivity index (χ1v) is 9.12. The molecular formula is C21H19FN4OS. The zero-order valence-corrected chi connectivity index (χ0v) is 15.8. The van der Waals surface area contributed by atoms with Crippen LogP contribution in [-0.4, -0.2) is 22.5 Å². The zero-order chi connectivity index (χ0) is 19.8. The lowest BCUT2D eigenvalue weighted by Crippen LogP contribution is -2.30. The summed E-state index contributed by atoms with van der Waals surface area (Å²) >= 11 is 5.28. The highest BCUT2D eigenvalue weighted by atomic mass is 32.1. The number of thiocarbonyl (C=S) groups is 1. The summed E-state index contributed by atoms with van der Waals surface area (Å²) in [5.41, 5.74) is 3.07. The van der Waals surface area contributed by atoms with Crippen molar-refractivity contribution >= 4 is 34.6 Å². The maximum atomic E-state index is 12.9. The maximum absolute atomic E-state index is 12.9. The molecule has 0 bridgehead atoms. The minimum absolute atomic E-state index is 0.193. The van der Waals surface area contributed by atoms with Crippen molar-refractivity contribution < 1.29 is 9.18 Å². The van der Waals surface area contributed by atoms with Crippen LogP contribution in [0.3, 0.4) is 0 Å². The summed E-state index contributed by atoms with van der Waals surface area (Å²) in [5.74, 6) is -0.435. The number of benzene rings is 2. The summed E-state index contributed by atoms with van der Waals surface area (Å²) < 4.78 is 12.9. The number of amides is 1. The molecule has 142 valence electrons. The lowest BCUT2D eigenvalue weighted by molar-refractivity contribution is 0.102. The number of rotatable bonds is 6. The maximum Gasteiger partial charge on any atom is 0.255 e. The van der Waals surface area contributed by atoms with Crippen molar-refractivity contribution in [3.8, 4) is 0 Å². The Morgan fingerprint density at radius 2 is 1.50 bits per heavy atom. The fraction of sp³-hybridized carbons (Fsp3) is 0.0952. The molecule has 1 heterocycles. The van der Waals surface area contributed by atoms with Gasteiger partial charge in [0.2, 0.25) is 0 Å². The topological polar surface area (TPSA) is 66.1 Å². The average molecular weight is 394 g/mol. The zero-order valence-electron chi connectivity index (χ0n) is 15.0. The van der Waals surface area contributed by atoms with Crippen LogP contribution in [0, 0.1) is 5.82 Å². The summed E-state index contributed by atoms with van der Waals surface area (Å²) in [6.45, 7) is 0.636. The van der Waals surface area contributed by atoms with Crippen molar-refractivity contribution in [3.05, 3.63) is 90.0 Å². The van der Waals surface area contributed by atoms with E-state index in [1.165, 1.54) is 12.1 Å². The molecule has 1 amide bonds. The van der Waals surface area contributed by atoms with Gasteiger partial charge in [0, 0.05) is 35.9 Å². The highest BCUT2D eigenvalue weighted by Crippen LogP contribution is 2.14. The molecule has 7 heteroatoms. The van der Waals surface area contributed by atoms with Gasteiger partial charge in [0.1, 0.15) is 5.82 Å². The first-order valence-electron chi connectivity index (χ1n) is 8.71. The molecule has 0 unspecified atom stereocenters. The largest absolute Gasteiger partial charge is 0.362 e. The molecule has 0 radical (unpaired) electrons. The number of pyridine rings is 1. The number of hydrogen-bond acceptors (Lipinski definition) is 3. The van der Waals surface area contributed by atoms with Crippen LogP contribution in [0.5, 0.6) is 0 Å². The summed E-state index contributed by atoms with van der Waals surface area (Å²) in [6.07, 6.45) is 3.89. The van der Waals surface area contributed by atoms with Crippen molar-refractivity contribution in [3.63, 3.8) is 0 Å². The van der Waals surface area contributed by atoms with Crippen LogP contribution >= 0.6 is 12.2 Å². The van der Waals surface area contributed by atoms with E-state index < -0.39 is 0 Å². The van der Waals surface area contributed by atoms with Gasteiger partial charge in [-0.25, -0.2) is 4.39 Å². The fourth-order valence-electron chi connectivity index (χ4n) is 2.49. The Morgan fingerprint density at radius 3 is 2.14 bits per heavy atom. The second kappa shape index (κ2) is 9.57. The molecule has 0 fully saturated rings. The summed E-state index contributed by atoms with van der Waals surface area (Å²) in [4.78, 5) is 16.0. The Balaban J connectivity index is 1.45. The van der Waals surface area contributed by atoms with Gasteiger partial charge in [-0.3, -0.25) is 9.78 Å². The molecule has 3 N–H and O–H groups in total. The van der Waals surface area contributed by atoms with Crippen LogP contribution in [0.15, 0.2) is 73.1 Å². The van der Waals surface area contributed by atoms with Crippen molar-refractivity contribution in [1.29, 1.82) is 0 Å². The van der Waals surface area contributed by atoms with E-state index >= 15 is 0 Å². The van der Waals surface area contributed by atoms with E-state index in [1.807, 2.05) is 12.1 Å². The molecule has 0 saturated carbocycles. The van der Waals surface area contributed by atoms with Gasteiger partial charge in [-0.1, -0.05) is 12.1 Å². The van der Waals surface area contributed by atoms with E-state index in [0.717, 1.165) is 17.7 Å². The van der Waals surface area contributed by atoms with E-state index in [4.69, 9.17) is 12.2 Å². The second-order valence-corrected chi connectivity index (χ2v) is 6.43. The van der Waals surface area contributed by atoms with Gasteiger partial charge in [0.15, 0.2) is 5.11 Å². The Hall–Kier alpha value is -3.32. The number of carbonyl (C=O) groups is 1. The average Bonchev–Trinajstić information content (AvgIpc) is 2.71. The van der Waals surface area contributed by atoms with Crippen molar-refractivity contribution in [2.75, 3.05) is 17.2 Å². The summed E-state index contributed by atoms with van der Waals surface area (Å²) in [6, 6.07) is 17.0. The van der Waals surface area contributed by atoms with Gasteiger partial charge in [-0.05, 0) is 72.7 Å². The van der Waals surface area contributed by atoms with Crippen LogP contribution in [0.1, 0.15) is 15.9 Å². The first-order chi connectivity index (χ1) is 13.6. The normalized spacial score (nSPS) is 10.2. The molecule has 0 spiro atoms. The van der Waals surface area contributed by atoms with Gasteiger partial charge in [-0.2, -0.15) is 0 Å². The summed E-state index contributed by atoms with van der Waals surface area (Å²) in [7, 11) is 0. The van der Waals surface area contributed by atoms with E-state index in [2.05, 4.69) is 20.9 Å². The van der Waals surface area contributed by atoms with E-state index in [0.29, 0.717) is 22.9 Å². The molecular weight excluding hydrogens is 375 g/mol. The Kier molecular flexibility index (Phi) is 6.64. The Morgan fingerprint density at radius 1 is 0.893 bits per heavy atom. The second-order valence-electron chi connectivity index (χ2n) is 6.02. The van der Waals surface area contributed by atoms with Crippen LogP contribution < -0.4 is 16.0 Å². The van der Waals surface area contributed by atoms with Crippen molar-refractivity contribution in [2.45, 2.75) is 6.42 Å². The number of nitrogens with one attached hydrogen (secondary N) is 3. The summed E-state index contributed by atoms with van der Waals surface area (Å²) in [5, 5.41) is 9.52. The van der Waals surface area contributed by atoms with Gasteiger partial charge < -0.3 is 16.0 Å². The van der Waals surface area contributed by atoms with Gasteiger partial charge in [0.05, 0.1) is 0 Å². The molecule has 3 aromatic rings. The predicted octanol–water partition coefficient (Wildman–Crippen LogP) is 4.00. The van der Waals surface area contributed by atoms with Gasteiger partial charge >= 0.3 is 0 Å². The number of aromatic nitrogens is 1. The Labute approximate surface area is 168 Å². The molecule has 2 aromatic carbocycles. The molecule has 0 aliphatic heterocycles. The van der Waals surface area contributed by atoms with Crippen LogP contribution in [0.2, 0.25) is 0 Å². The molecule has 3 rings (SSSR count). The van der Waals surface area contributed by atoms with Crippen LogP contribution in [-0.2, 0) is 6.42 Å².